The average molecular weight is 155 g/mol. The van der Waals surface area contributed by atoms with Gasteiger partial charge in [0, 0.05) is 12.6 Å². The van der Waals surface area contributed by atoms with Crippen LogP contribution in [-0.2, 0) is 4.74 Å². The van der Waals surface area contributed by atoms with Crippen LogP contribution in [0.1, 0.15) is 26.2 Å². The third kappa shape index (κ3) is 2.17. The molecule has 2 heteroatoms. The van der Waals surface area contributed by atoms with E-state index in [1.54, 1.807) is 0 Å². The van der Waals surface area contributed by atoms with Crippen molar-refractivity contribution >= 4 is 0 Å². The number of ether oxygens (including phenoxy) is 1. The Bertz CT molecular complexity index is 130. The topological polar surface area (TPSA) is 15.8 Å². The molecule has 1 unspecified atom stereocenters. The Hall–Kier alpha value is -0.0800. The highest BCUT2D eigenvalue weighted by Gasteiger charge is 2.33. The second-order valence-corrected chi connectivity index (χ2v) is 3.68. The molecule has 1 saturated carbocycles. The fraction of sp³-hybridized carbons (Fsp3) is 1.00. The van der Waals surface area contributed by atoms with Crippen molar-refractivity contribution < 1.29 is 4.74 Å². The molecule has 1 aliphatic heterocycles. The van der Waals surface area contributed by atoms with Crippen molar-refractivity contribution in [3.8, 4) is 0 Å². The van der Waals surface area contributed by atoms with E-state index in [2.05, 4.69) is 11.8 Å². The van der Waals surface area contributed by atoms with Crippen LogP contribution in [0.25, 0.3) is 0 Å². The SMILES string of the molecule is CCCN(CC1CO1)C1CC1. The predicted molar refractivity (Wildman–Crippen MR) is 44.6 cm³/mol. The quantitative estimate of drug-likeness (QED) is 0.555. The van der Waals surface area contributed by atoms with Crippen molar-refractivity contribution in [3.63, 3.8) is 0 Å². The van der Waals surface area contributed by atoms with E-state index >= 15 is 0 Å². The van der Waals surface area contributed by atoms with Crippen molar-refractivity contribution in [1.29, 1.82) is 0 Å². The second-order valence-electron chi connectivity index (χ2n) is 3.68. The number of hydrogen-bond acceptors (Lipinski definition) is 2. The van der Waals surface area contributed by atoms with E-state index in [-0.39, 0.29) is 0 Å². The molecule has 11 heavy (non-hydrogen) atoms. The van der Waals surface area contributed by atoms with Crippen LogP contribution in [0, 0.1) is 0 Å². The second kappa shape index (κ2) is 3.11. The Morgan fingerprint density at radius 3 is 2.64 bits per heavy atom. The molecular formula is C9H17NO. The zero-order chi connectivity index (χ0) is 7.68. The normalized spacial score (nSPS) is 29.5. The monoisotopic (exact) mass is 155 g/mol. The predicted octanol–water partition coefficient (Wildman–Crippen LogP) is 1.26. The number of hydrogen-bond donors (Lipinski definition) is 0. The first-order chi connectivity index (χ1) is 5.40. The summed E-state index contributed by atoms with van der Waals surface area (Å²) in [7, 11) is 0. The van der Waals surface area contributed by atoms with E-state index < -0.39 is 0 Å². The maximum Gasteiger partial charge on any atom is 0.0936 e. The first-order valence-corrected chi connectivity index (χ1v) is 4.76. The first-order valence-electron chi connectivity index (χ1n) is 4.76. The molecule has 0 aromatic rings. The van der Waals surface area contributed by atoms with Crippen LogP contribution in [0.15, 0.2) is 0 Å². The Morgan fingerprint density at radius 1 is 1.45 bits per heavy atom. The maximum absolute atomic E-state index is 5.22. The molecular weight excluding hydrogens is 138 g/mol. The minimum atomic E-state index is 0.585. The molecule has 0 radical (unpaired) electrons. The highest BCUT2D eigenvalue weighted by molar-refractivity contribution is 4.87. The molecule has 1 aliphatic carbocycles. The van der Waals surface area contributed by atoms with Gasteiger partial charge in [0.15, 0.2) is 0 Å². The zero-order valence-corrected chi connectivity index (χ0v) is 7.25. The van der Waals surface area contributed by atoms with Gasteiger partial charge >= 0.3 is 0 Å². The van der Waals surface area contributed by atoms with Gasteiger partial charge in [-0.1, -0.05) is 6.92 Å². The molecule has 0 N–H and O–H groups in total. The van der Waals surface area contributed by atoms with E-state index in [0.29, 0.717) is 6.10 Å². The fourth-order valence-corrected chi connectivity index (χ4v) is 1.58. The third-order valence-corrected chi connectivity index (χ3v) is 2.41. The summed E-state index contributed by atoms with van der Waals surface area (Å²) in [5.41, 5.74) is 0. The van der Waals surface area contributed by atoms with Gasteiger partial charge in [-0.2, -0.15) is 0 Å². The molecule has 0 aromatic heterocycles. The van der Waals surface area contributed by atoms with Gasteiger partial charge in [0.05, 0.1) is 12.7 Å². The molecule has 64 valence electrons. The smallest absolute Gasteiger partial charge is 0.0936 e. The maximum atomic E-state index is 5.22. The minimum Gasteiger partial charge on any atom is -0.372 e. The molecule has 0 amide bonds. The number of epoxide rings is 1. The summed E-state index contributed by atoms with van der Waals surface area (Å²) in [4.78, 5) is 2.59. The summed E-state index contributed by atoms with van der Waals surface area (Å²) in [5.74, 6) is 0. The Morgan fingerprint density at radius 2 is 2.18 bits per heavy atom. The zero-order valence-electron chi connectivity index (χ0n) is 7.25. The average Bonchev–Trinajstić information content (AvgIpc) is 2.84. The molecule has 1 heterocycles. The molecule has 2 rings (SSSR count). The lowest BCUT2D eigenvalue weighted by Crippen LogP contribution is -2.30. The largest absolute Gasteiger partial charge is 0.372 e. The van der Waals surface area contributed by atoms with Crippen molar-refractivity contribution in [2.24, 2.45) is 0 Å². The van der Waals surface area contributed by atoms with Gasteiger partial charge in [0.25, 0.3) is 0 Å². The van der Waals surface area contributed by atoms with Crippen LogP contribution in [0.3, 0.4) is 0 Å². The molecule has 0 spiro atoms. The van der Waals surface area contributed by atoms with Gasteiger partial charge in [-0.05, 0) is 25.8 Å². The van der Waals surface area contributed by atoms with E-state index in [9.17, 15) is 0 Å². The number of rotatable bonds is 5. The van der Waals surface area contributed by atoms with Crippen molar-refractivity contribution in [2.45, 2.75) is 38.3 Å². The molecule has 1 saturated heterocycles. The van der Waals surface area contributed by atoms with Crippen molar-refractivity contribution in [2.75, 3.05) is 19.7 Å². The summed E-state index contributed by atoms with van der Waals surface area (Å²) in [5, 5.41) is 0. The highest BCUT2D eigenvalue weighted by Crippen LogP contribution is 2.28. The third-order valence-electron chi connectivity index (χ3n) is 2.41. The fourth-order valence-electron chi connectivity index (χ4n) is 1.58. The van der Waals surface area contributed by atoms with Gasteiger partial charge < -0.3 is 4.74 Å². The lowest BCUT2D eigenvalue weighted by atomic mass is 10.3. The summed E-state index contributed by atoms with van der Waals surface area (Å²) in [6.07, 6.45) is 4.71. The first kappa shape index (κ1) is 7.56. The Kier molecular flexibility index (Phi) is 2.14. The van der Waals surface area contributed by atoms with Gasteiger partial charge in [0.1, 0.15) is 0 Å². The van der Waals surface area contributed by atoms with Crippen LogP contribution in [-0.4, -0.2) is 36.7 Å². The summed E-state index contributed by atoms with van der Waals surface area (Å²) in [6, 6.07) is 0.916. The van der Waals surface area contributed by atoms with Crippen LogP contribution in [0.2, 0.25) is 0 Å². The highest BCUT2D eigenvalue weighted by atomic mass is 16.6. The summed E-state index contributed by atoms with van der Waals surface area (Å²) >= 11 is 0. The molecule has 1 atom stereocenters. The summed E-state index contributed by atoms with van der Waals surface area (Å²) in [6.45, 7) is 5.72. The van der Waals surface area contributed by atoms with Gasteiger partial charge in [-0.15, -0.1) is 0 Å². The Balaban J connectivity index is 1.72. The van der Waals surface area contributed by atoms with Crippen molar-refractivity contribution in [3.05, 3.63) is 0 Å². The van der Waals surface area contributed by atoms with Crippen molar-refractivity contribution in [1.82, 2.24) is 4.90 Å². The molecule has 2 fully saturated rings. The van der Waals surface area contributed by atoms with E-state index in [1.807, 2.05) is 0 Å². The summed E-state index contributed by atoms with van der Waals surface area (Å²) < 4.78 is 5.22. The minimum absolute atomic E-state index is 0.585. The van der Waals surface area contributed by atoms with E-state index in [0.717, 1.165) is 12.6 Å². The van der Waals surface area contributed by atoms with E-state index in [1.165, 1.54) is 32.4 Å². The Labute approximate surface area is 68.5 Å². The lowest BCUT2D eigenvalue weighted by molar-refractivity contribution is 0.233. The van der Waals surface area contributed by atoms with Gasteiger partial charge in [0.2, 0.25) is 0 Å². The van der Waals surface area contributed by atoms with E-state index in [4.69, 9.17) is 4.74 Å². The van der Waals surface area contributed by atoms with Gasteiger partial charge in [-0.3, -0.25) is 4.90 Å². The molecule has 0 bridgehead atoms. The van der Waals surface area contributed by atoms with Crippen LogP contribution in [0.4, 0.5) is 0 Å². The standard InChI is InChI=1S/C9H17NO/c1-2-5-10(8-3-4-8)6-9-7-11-9/h8-9H,2-7H2,1H3. The molecule has 2 aliphatic rings. The molecule has 0 aromatic carbocycles. The lowest BCUT2D eigenvalue weighted by Gasteiger charge is -2.19. The number of nitrogens with zero attached hydrogens (tertiary/aromatic N) is 1. The molecule has 2 nitrogen and oxygen atoms in total. The van der Waals surface area contributed by atoms with Crippen LogP contribution in [0.5, 0.6) is 0 Å². The van der Waals surface area contributed by atoms with Gasteiger partial charge in [-0.25, -0.2) is 0 Å². The van der Waals surface area contributed by atoms with Crippen LogP contribution >= 0.6 is 0 Å². The van der Waals surface area contributed by atoms with Crippen LogP contribution < -0.4 is 0 Å².